The van der Waals surface area contributed by atoms with Crippen LogP contribution in [0.1, 0.15) is 5.56 Å². The van der Waals surface area contributed by atoms with Gasteiger partial charge in [0.25, 0.3) is 0 Å². The lowest BCUT2D eigenvalue weighted by Crippen LogP contribution is -2.05. The van der Waals surface area contributed by atoms with Crippen LogP contribution >= 0.6 is 11.6 Å². The van der Waals surface area contributed by atoms with Crippen LogP contribution in [0.3, 0.4) is 0 Å². The number of hydrogen-bond donors (Lipinski definition) is 1. The van der Waals surface area contributed by atoms with Gasteiger partial charge in [-0.25, -0.2) is 0 Å². The Morgan fingerprint density at radius 1 is 1.10 bits per heavy atom. The van der Waals surface area contributed by atoms with Gasteiger partial charge in [-0.15, -0.1) is 0 Å². The zero-order valence-corrected chi connectivity index (χ0v) is 12.0. The Labute approximate surface area is 123 Å². The average Bonchev–Trinajstić information content (AvgIpc) is 2.49. The molecule has 2 aromatic carbocycles. The van der Waals surface area contributed by atoms with Gasteiger partial charge in [-0.05, 0) is 48.0 Å². The Balaban J connectivity index is 2.18. The van der Waals surface area contributed by atoms with E-state index in [1.54, 1.807) is 0 Å². The molecule has 3 rings (SSSR count). The molecule has 1 aromatic heterocycles. The van der Waals surface area contributed by atoms with Gasteiger partial charge in [0.05, 0.1) is 5.52 Å². The molecule has 0 saturated heterocycles. The van der Waals surface area contributed by atoms with Crippen LogP contribution in [0.2, 0.25) is 5.02 Å². The summed E-state index contributed by atoms with van der Waals surface area (Å²) in [5.41, 5.74) is 4.46. The molecule has 0 amide bonds. The second kappa shape index (κ2) is 5.61. The number of benzene rings is 2. The fraction of sp³-hybridized carbons (Fsp3) is 0.118. The molecule has 0 saturated carbocycles. The monoisotopic (exact) mass is 282 g/mol. The van der Waals surface area contributed by atoms with Crippen LogP contribution in [0.4, 0.5) is 0 Å². The number of nitrogens with zero attached hydrogens (tertiary/aromatic N) is 1. The lowest BCUT2D eigenvalue weighted by atomic mass is 9.99. The highest BCUT2D eigenvalue weighted by Gasteiger charge is 2.07. The lowest BCUT2D eigenvalue weighted by Gasteiger charge is -2.10. The summed E-state index contributed by atoms with van der Waals surface area (Å²) in [5, 5.41) is 5.10. The molecule has 0 aliphatic rings. The molecular formula is C17H15ClN2. The molecule has 3 aromatic rings. The van der Waals surface area contributed by atoms with Crippen molar-refractivity contribution >= 4 is 22.5 Å². The number of aromatic nitrogens is 1. The quantitative estimate of drug-likeness (QED) is 0.776. The van der Waals surface area contributed by atoms with E-state index in [0.29, 0.717) is 0 Å². The van der Waals surface area contributed by atoms with Crippen molar-refractivity contribution in [2.45, 2.75) is 6.54 Å². The van der Waals surface area contributed by atoms with E-state index in [2.05, 4.69) is 34.6 Å². The third-order valence-electron chi connectivity index (χ3n) is 3.37. The number of pyridine rings is 1. The van der Waals surface area contributed by atoms with Crippen molar-refractivity contribution in [1.82, 2.24) is 10.3 Å². The molecule has 2 nitrogen and oxygen atoms in total. The number of fused-ring (bicyclic) bond motifs is 1. The minimum absolute atomic E-state index is 0.760. The highest BCUT2D eigenvalue weighted by molar-refractivity contribution is 6.31. The van der Waals surface area contributed by atoms with Crippen LogP contribution in [-0.4, -0.2) is 12.0 Å². The third kappa shape index (κ3) is 2.40. The summed E-state index contributed by atoms with van der Waals surface area (Å²) in [5.74, 6) is 0. The third-order valence-corrected chi connectivity index (χ3v) is 3.74. The second-order valence-electron chi connectivity index (χ2n) is 4.71. The predicted octanol–water partition coefficient (Wildman–Crippen LogP) is 4.27. The van der Waals surface area contributed by atoms with Crippen molar-refractivity contribution in [3.05, 3.63) is 65.3 Å². The van der Waals surface area contributed by atoms with Crippen molar-refractivity contribution in [2.75, 3.05) is 7.05 Å². The van der Waals surface area contributed by atoms with Gasteiger partial charge in [0.2, 0.25) is 0 Å². The first kappa shape index (κ1) is 13.1. The summed E-state index contributed by atoms with van der Waals surface area (Å²) >= 11 is 6.23. The highest BCUT2D eigenvalue weighted by atomic mass is 35.5. The summed E-state index contributed by atoms with van der Waals surface area (Å²) in [6.07, 6.45) is 1.82. The Bertz CT molecular complexity index is 748. The molecule has 1 heterocycles. The van der Waals surface area contributed by atoms with Gasteiger partial charge in [-0.3, -0.25) is 4.98 Å². The van der Waals surface area contributed by atoms with Crippen molar-refractivity contribution < 1.29 is 0 Å². The van der Waals surface area contributed by atoms with Crippen LogP contribution < -0.4 is 5.32 Å². The fourth-order valence-corrected chi connectivity index (χ4v) is 2.61. The minimum atomic E-state index is 0.760. The highest BCUT2D eigenvalue weighted by Crippen LogP contribution is 2.30. The van der Waals surface area contributed by atoms with Crippen molar-refractivity contribution in [3.8, 4) is 11.1 Å². The molecule has 0 unspecified atom stereocenters. The molecule has 0 spiro atoms. The van der Waals surface area contributed by atoms with Crippen molar-refractivity contribution in [2.24, 2.45) is 0 Å². The first-order valence-electron chi connectivity index (χ1n) is 6.57. The van der Waals surface area contributed by atoms with E-state index in [1.807, 2.05) is 37.5 Å². The summed E-state index contributed by atoms with van der Waals surface area (Å²) in [6.45, 7) is 0.760. The summed E-state index contributed by atoms with van der Waals surface area (Å²) in [4.78, 5) is 4.41. The first-order chi connectivity index (χ1) is 9.79. The number of hydrogen-bond acceptors (Lipinski definition) is 2. The van der Waals surface area contributed by atoms with Crippen LogP contribution in [0.5, 0.6) is 0 Å². The zero-order chi connectivity index (χ0) is 13.9. The maximum Gasteiger partial charge on any atom is 0.0708 e. The average molecular weight is 283 g/mol. The molecule has 0 aliphatic carbocycles. The molecule has 0 fully saturated rings. The molecule has 0 atom stereocenters. The van der Waals surface area contributed by atoms with Gasteiger partial charge in [0, 0.05) is 23.2 Å². The van der Waals surface area contributed by atoms with E-state index in [9.17, 15) is 0 Å². The molecule has 0 bridgehead atoms. The minimum Gasteiger partial charge on any atom is -0.316 e. The first-order valence-corrected chi connectivity index (χ1v) is 6.94. The van der Waals surface area contributed by atoms with Crippen LogP contribution in [-0.2, 0) is 6.54 Å². The Morgan fingerprint density at radius 2 is 2.00 bits per heavy atom. The van der Waals surface area contributed by atoms with Gasteiger partial charge < -0.3 is 5.32 Å². The Morgan fingerprint density at radius 3 is 2.85 bits per heavy atom. The van der Waals surface area contributed by atoms with Gasteiger partial charge in [0.15, 0.2) is 0 Å². The number of halogens is 1. The molecule has 100 valence electrons. The Hall–Kier alpha value is -1.90. The van der Waals surface area contributed by atoms with E-state index >= 15 is 0 Å². The van der Waals surface area contributed by atoms with Crippen molar-refractivity contribution in [3.63, 3.8) is 0 Å². The van der Waals surface area contributed by atoms with Gasteiger partial charge in [0.1, 0.15) is 0 Å². The normalized spacial score (nSPS) is 10.9. The van der Waals surface area contributed by atoms with Gasteiger partial charge >= 0.3 is 0 Å². The standard InChI is InChI=1S/C17H15ClN2/c1-19-11-13-10-12(7-8-16(13)18)14-4-2-6-17-15(14)5-3-9-20-17/h2-10,19H,11H2,1H3. The predicted molar refractivity (Wildman–Crippen MR) is 85.0 cm³/mol. The maximum absolute atomic E-state index is 6.23. The zero-order valence-electron chi connectivity index (χ0n) is 11.2. The van der Waals surface area contributed by atoms with E-state index in [-0.39, 0.29) is 0 Å². The second-order valence-corrected chi connectivity index (χ2v) is 5.12. The van der Waals surface area contributed by atoms with Gasteiger partial charge in [-0.2, -0.15) is 0 Å². The van der Waals surface area contributed by atoms with E-state index < -0.39 is 0 Å². The Kier molecular flexibility index (Phi) is 3.68. The van der Waals surface area contributed by atoms with Crippen LogP contribution in [0.15, 0.2) is 54.7 Å². The molecule has 3 heteroatoms. The summed E-state index contributed by atoms with van der Waals surface area (Å²) < 4.78 is 0. The van der Waals surface area contributed by atoms with E-state index in [0.717, 1.165) is 28.0 Å². The van der Waals surface area contributed by atoms with Crippen LogP contribution in [0, 0.1) is 0 Å². The summed E-state index contributed by atoms with van der Waals surface area (Å²) in [6, 6.07) is 16.4. The lowest BCUT2D eigenvalue weighted by molar-refractivity contribution is 0.818. The molecule has 0 radical (unpaired) electrons. The topological polar surface area (TPSA) is 24.9 Å². The number of nitrogens with one attached hydrogen (secondary N) is 1. The molecule has 0 aliphatic heterocycles. The number of rotatable bonds is 3. The van der Waals surface area contributed by atoms with E-state index in [4.69, 9.17) is 11.6 Å². The molecule has 20 heavy (non-hydrogen) atoms. The molecular weight excluding hydrogens is 268 g/mol. The largest absolute Gasteiger partial charge is 0.316 e. The van der Waals surface area contributed by atoms with Crippen LogP contribution in [0.25, 0.3) is 22.0 Å². The SMILES string of the molecule is CNCc1cc(-c2cccc3ncccc23)ccc1Cl. The summed E-state index contributed by atoms with van der Waals surface area (Å²) in [7, 11) is 1.92. The smallest absolute Gasteiger partial charge is 0.0708 e. The van der Waals surface area contributed by atoms with E-state index in [1.165, 1.54) is 11.1 Å². The molecule has 1 N–H and O–H groups in total. The fourth-order valence-electron chi connectivity index (χ4n) is 2.42. The maximum atomic E-state index is 6.23. The van der Waals surface area contributed by atoms with Gasteiger partial charge in [-0.1, -0.05) is 35.9 Å². The van der Waals surface area contributed by atoms with Crippen molar-refractivity contribution in [1.29, 1.82) is 0 Å².